The van der Waals surface area contributed by atoms with Crippen molar-refractivity contribution >= 4 is 23.0 Å². The number of phenolic OH excluding ortho intramolecular Hbond substituents is 1. The highest BCUT2D eigenvalue weighted by molar-refractivity contribution is 6.33. The summed E-state index contributed by atoms with van der Waals surface area (Å²) in [5.41, 5.74) is 0.874. The normalized spacial score (nSPS) is 26.4. The zero-order valence-electron chi connectivity index (χ0n) is 11.8. The lowest BCUT2D eigenvalue weighted by atomic mass is 9.75. The van der Waals surface area contributed by atoms with Crippen LogP contribution in [0.3, 0.4) is 0 Å². The van der Waals surface area contributed by atoms with Crippen molar-refractivity contribution in [1.82, 2.24) is 0 Å². The predicted molar refractivity (Wildman–Crippen MR) is 82.0 cm³/mol. The number of nitrogens with zero attached hydrogens (tertiary/aromatic N) is 1. The van der Waals surface area contributed by atoms with Gasteiger partial charge >= 0.3 is 0 Å². The molecule has 1 aromatic rings. The summed E-state index contributed by atoms with van der Waals surface area (Å²) in [6.07, 6.45) is 4.94. The molecule has 0 radical (unpaired) electrons. The summed E-state index contributed by atoms with van der Waals surface area (Å²) in [7, 11) is 0. The van der Waals surface area contributed by atoms with E-state index in [2.05, 4.69) is 25.2 Å². The summed E-state index contributed by atoms with van der Waals surface area (Å²) >= 11 is 6.00. The molecule has 0 amide bonds. The SMILES string of the molecule is CC(C)[C@H]1Nc2c(O)cc(Cl)c([N+](=O)[O-])c2[C@H]2C=CC[C@H]21. The van der Waals surface area contributed by atoms with Crippen molar-refractivity contribution in [3.05, 3.63) is 38.9 Å². The van der Waals surface area contributed by atoms with Gasteiger partial charge in [0.1, 0.15) is 10.8 Å². The molecule has 1 aliphatic heterocycles. The summed E-state index contributed by atoms with van der Waals surface area (Å²) < 4.78 is 0. The fraction of sp³-hybridized carbons (Fsp3) is 0.467. The average molecular weight is 309 g/mol. The van der Waals surface area contributed by atoms with Gasteiger partial charge in [0.25, 0.3) is 5.69 Å². The highest BCUT2D eigenvalue weighted by Crippen LogP contribution is 2.54. The van der Waals surface area contributed by atoms with E-state index in [-0.39, 0.29) is 34.3 Å². The molecule has 5 nitrogen and oxygen atoms in total. The molecule has 0 saturated carbocycles. The Bertz CT molecular complexity index is 642. The molecule has 21 heavy (non-hydrogen) atoms. The lowest BCUT2D eigenvalue weighted by molar-refractivity contribution is -0.385. The molecule has 0 spiro atoms. The van der Waals surface area contributed by atoms with E-state index in [1.807, 2.05) is 6.08 Å². The number of allylic oxidation sites excluding steroid dienone is 2. The molecule has 0 saturated heterocycles. The van der Waals surface area contributed by atoms with Crippen molar-refractivity contribution in [2.45, 2.75) is 32.2 Å². The smallest absolute Gasteiger partial charge is 0.293 e. The van der Waals surface area contributed by atoms with Gasteiger partial charge in [-0.3, -0.25) is 10.1 Å². The van der Waals surface area contributed by atoms with Crippen LogP contribution < -0.4 is 5.32 Å². The van der Waals surface area contributed by atoms with E-state index in [0.717, 1.165) is 6.42 Å². The van der Waals surface area contributed by atoms with E-state index in [4.69, 9.17) is 11.6 Å². The number of hydrogen-bond acceptors (Lipinski definition) is 4. The van der Waals surface area contributed by atoms with Crippen LogP contribution >= 0.6 is 11.6 Å². The minimum atomic E-state index is -0.457. The fourth-order valence-corrected chi connectivity index (χ4v) is 3.87. The van der Waals surface area contributed by atoms with E-state index in [9.17, 15) is 15.2 Å². The molecule has 0 unspecified atom stereocenters. The number of nitro benzene ring substituents is 1. The number of phenols is 1. The van der Waals surface area contributed by atoms with Crippen molar-refractivity contribution in [1.29, 1.82) is 0 Å². The number of rotatable bonds is 2. The zero-order valence-corrected chi connectivity index (χ0v) is 12.6. The Balaban J connectivity index is 2.24. The van der Waals surface area contributed by atoms with Crippen LogP contribution in [0.2, 0.25) is 5.02 Å². The van der Waals surface area contributed by atoms with Gasteiger partial charge in [-0.2, -0.15) is 0 Å². The van der Waals surface area contributed by atoms with Gasteiger partial charge in [-0.05, 0) is 18.3 Å². The van der Waals surface area contributed by atoms with E-state index < -0.39 is 4.92 Å². The van der Waals surface area contributed by atoms with Crippen LogP contribution in [-0.2, 0) is 0 Å². The minimum Gasteiger partial charge on any atom is -0.506 e. The topological polar surface area (TPSA) is 75.4 Å². The Kier molecular flexibility index (Phi) is 3.32. The average Bonchev–Trinajstić information content (AvgIpc) is 2.86. The van der Waals surface area contributed by atoms with E-state index in [1.54, 1.807) is 0 Å². The van der Waals surface area contributed by atoms with Crippen molar-refractivity contribution in [3.63, 3.8) is 0 Å². The molecule has 0 fully saturated rings. The highest BCUT2D eigenvalue weighted by atomic mass is 35.5. The lowest BCUT2D eigenvalue weighted by Crippen LogP contribution is -2.39. The van der Waals surface area contributed by atoms with Gasteiger partial charge in [0.2, 0.25) is 0 Å². The molecule has 2 aliphatic rings. The lowest BCUT2D eigenvalue weighted by Gasteiger charge is -2.39. The molecule has 112 valence electrons. The zero-order chi connectivity index (χ0) is 15.3. The van der Waals surface area contributed by atoms with Gasteiger partial charge < -0.3 is 10.4 Å². The van der Waals surface area contributed by atoms with Crippen molar-refractivity contribution in [2.24, 2.45) is 11.8 Å². The number of nitro groups is 1. The number of fused-ring (bicyclic) bond motifs is 3. The minimum absolute atomic E-state index is 0.0138. The third-order valence-electron chi connectivity index (χ3n) is 4.49. The van der Waals surface area contributed by atoms with Crippen LogP contribution in [0.15, 0.2) is 18.2 Å². The first-order valence-corrected chi connectivity index (χ1v) is 7.42. The molecular weight excluding hydrogens is 292 g/mol. The van der Waals surface area contributed by atoms with Gasteiger partial charge in [0.15, 0.2) is 0 Å². The van der Waals surface area contributed by atoms with Crippen LogP contribution in [0.5, 0.6) is 5.75 Å². The van der Waals surface area contributed by atoms with Gasteiger partial charge in [0, 0.05) is 18.0 Å². The number of halogens is 1. The molecular formula is C15H17ClN2O3. The Hall–Kier alpha value is -1.75. The summed E-state index contributed by atoms with van der Waals surface area (Å²) in [4.78, 5) is 10.9. The van der Waals surface area contributed by atoms with Gasteiger partial charge in [0.05, 0.1) is 16.2 Å². The highest BCUT2D eigenvalue weighted by Gasteiger charge is 2.44. The first kappa shape index (κ1) is 14.2. The number of benzene rings is 1. The predicted octanol–water partition coefficient (Wildman–Crippen LogP) is 4.06. The molecule has 0 bridgehead atoms. The molecule has 1 aliphatic carbocycles. The third-order valence-corrected chi connectivity index (χ3v) is 4.78. The van der Waals surface area contributed by atoms with Crippen LogP contribution in [-0.4, -0.2) is 16.1 Å². The molecule has 0 aromatic heterocycles. The molecule has 1 heterocycles. The van der Waals surface area contributed by atoms with Crippen LogP contribution in [0.25, 0.3) is 0 Å². The third kappa shape index (κ3) is 2.07. The van der Waals surface area contributed by atoms with Crippen molar-refractivity contribution in [2.75, 3.05) is 5.32 Å². The Labute approximate surface area is 127 Å². The Morgan fingerprint density at radius 2 is 2.24 bits per heavy atom. The van der Waals surface area contributed by atoms with E-state index in [1.165, 1.54) is 6.07 Å². The quantitative estimate of drug-likeness (QED) is 0.374. The summed E-state index contributed by atoms with van der Waals surface area (Å²) in [5.74, 6) is 0.525. The summed E-state index contributed by atoms with van der Waals surface area (Å²) in [6.45, 7) is 4.22. The largest absolute Gasteiger partial charge is 0.506 e. The first-order chi connectivity index (χ1) is 9.91. The molecule has 2 N–H and O–H groups in total. The van der Waals surface area contributed by atoms with Crippen LogP contribution in [0.1, 0.15) is 31.7 Å². The maximum absolute atomic E-state index is 11.4. The molecule has 6 heteroatoms. The summed E-state index contributed by atoms with van der Waals surface area (Å²) in [5, 5.41) is 24.9. The number of anilines is 1. The number of hydrogen-bond donors (Lipinski definition) is 2. The second-order valence-corrected chi connectivity index (χ2v) is 6.45. The van der Waals surface area contributed by atoms with Crippen LogP contribution in [0, 0.1) is 22.0 Å². The van der Waals surface area contributed by atoms with E-state index in [0.29, 0.717) is 17.2 Å². The monoisotopic (exact) mass is 308 g/mol. The van der Waals surface area contributed by atoms with Gasteiger partial charge in [-0.1, -0.05) is 37.6 Å². The van der Waals surface area contributed by atoms with Gasteiger partial charge in [-0.15, -0.1) is 0 Å². The standard InChI is InChI=1S/C15H17ClN2O3/c1-7(2)13-9-5-3-4-8(9)12-14(17-13)11(19)6-10(16)15(12)18(20)21/h3-4,6-9,13,17,19H,5H2,1-2H3/t8-,9+,13+/m0/s1. The van der Waals surface area contributed by atoms with Crippen LogP contribution in [0.4, 0.5) is 11.4 Å². The first-order valence-electron chi connectivity index (χ1n) is 7.04. The molecule has 3 atom stereocenters. The summed E-state index contributed by atoms with van der Waals surface area (Å²) in [6, 6.07) is 1.42. The fourth-order valence-electron chi connectivity index (χ4n) is 3.59. The van der Waals surface area contributed by atoms with Crippen molar-refractivity contribution in [3.8, 4) is 5.75 Å². The molecule has 3 rings (SSSR count). The van der Waals surface area contributed by atoms with Crippen molar-refractivity contribution < 1.29 is 10.0 Å². The Morgan fingerprint density at radius 3 is 2.86 bits per heavy atom. The second kappa shape index (κ2) is 4.91. The van der Waals surface area contributed by atoms with Gasteiger partial charge in [-0.25, -0.2) is 0 Å². The van der Waals surface area contributed by atoms with E-state index >= 15 is 0 Å². The molecule has 1 aromatic carbocycles. The maximum Gasteiger partial charge on any atom is 0.293 e. The number of aromatic hydroxyl groups is 1. The second-order valence-electron chi connectivity index (χ2n) is 6.04. The number of nitrogens with one attached hydrogen (secondary N) is 1. The Morgan fingerprint density at radius 1 is 1.52 bits per heavy atom. The maximum atomic E-state index is 11.4.